The number of nitrogens with zero attached hydrogens (tertiary/aromatic N) is 1. The standard InChI is InChI=1S/C17H30N2O2/c1-5-11-19(17(3,6-2)14-18)12-13-21-16-9-7-15(20-4)8-10-16/h7-10H,5-6,11-14,18H2,1-4H3. The summed E-state index contributed by atoms with van der Waals surface area (Å²) >= 11 is 0. The van der Waals surface area contributed by atoms with Crippen LogP contribution < -0.4 is 15.2 Å². The number of methoxy groups -OCH3 is 1. The highest BCUT2D eigenvalue weighted by Gasteiger charge is 2.27. The second-order valence-electron chi connectivity index (χ2n) is 5.57. The van der Waals surface area contributed by atoms with Gasteiger partial charge >= 0.3 is 0 Å². The van der Waals surface area contributed by atoms with Crippen molar-refractivity contribution in [3.05, 3.63) is 24.3 Å². The molecule has 0 aromatic heterocycles. The molecule has 0 aliphatic rings. The van der Waals surface area contributed by atoms with E-state index in [0.717, 1.165) is 37.4 Å². The van der Waals surface area contributed by atoms with Crippen LogP contribution in [0.3, 0.4) is 0 Å². The van der Waals surface area contributed by atoms with Gasteiger partial charge in [-0.3, -0.25) is 4.90 Å². The molecule has 1 aromatic carbocycles. The monoisotopic (exact) mass is 294 g/mol. The first-order chi connectivity index (χ1) is 10.1. The normalized spacial score (nSPS) is 14.0. The van der Waals surface area contributed by atoms with Gasteiger partial charge in [0.1, 0.15) is 18.1 Å². The number of rotatable bonds is 10. The van der Waals surface area contributed by atoms with Gasteiger partial charge in [-0.05, 0) is 50.6 Å². The van der Waals surface area contributed by atoms with Crippen molar-refractivity contribution in [2.45, 2.75) is 39.2 Å². The summed E-state index contributed by atoms with van der Waals surface area (Å²) in [6.45, 7) is 9.91. The van der Waals surface area contributed by atoms with E-state index in [9.17, 15) is 0 Å². The molecular formula is C17H30N2O2. The van der Waals surface area contributed by atoms with E-state index in [4.69, 9.17) is 15.2 Å². The Labute approximate surface area is 129 Å². The van der Waals surface area contributed by atoms with Gasteiger partial charge in [0.2, 0.25) is 0 Å². The van der Waals surface area contributed by atoms with Gasteiger partial charge in [-0.25, -0.2) is 0 Å². The largest absolute Gasteiger partial charge is 0.497 e. The van der Waals surface area contributed by atoms with Crippen molar-refractivity contribution in [1.29, 1.82) is 0 Å². The third-order valence-electron chi connectivity index (χ3n) is 4.15. The van der Waals surface area contributed by atoms with Crippen molar-refractivity contribution in [3.8, 4) is 11.5 Å². The quantitative estimate of drug-likeness (QED) is 0.721. The zero-order valence-corrected chi connectivity index (χ0v) is 13.9. The summed E-state index contributed by atoms with van der Waals surface area (Å²) in [6.07, 6.45) is 2.17. The van der Waals surface area contributed by atoms with Crippen molar-refractivity contribution in [2.75, 3.05) is 33.4 Å². The molecule has 0 bridgehead atoms. The molecular weight excluding hydrogens is 264 g/mol. The third kappa shape index (κ3) is 5.21. The molecule has 21 heavy (non-hydrogen) atoms. The zero-order valence-electron chi connectivity index (χ0n) is 13.9. The maximum absolute atomic E-state index is 5.97. The SMILES string of the molecule is CCCN(CCOc1ccc(OC)cc1)C(C)(CC)CN. The zero-order chi connectivity index (χ0) is 15.7. The molecule has 1 unspecified atom stereocenters. The second-order valence-corrected chi connectivity index (χ2v) is 5.57. The highest BCUT2D eigenvalue weighted by Crippen LogP contribution is 2.20. The van der Waals surface area contributed by atoms with Crippen LogP contribution in [-0.4, -0.2) is 43.8 Å². The Bertz CT molecular complexity index is 388. The molecule has 4 nitrogen and oxygen atoms in total. The average Bonchev–Trinajstić information content (AvgIpc) is 2.54. The van der Waals surface area contributed by atoms with E-state index in [2.05, 4.69) is 25.7 Å². The van der Waals surface area contributed by atoms with E-state index in [0.29, 0.717) is 13.2 Å². The lowest BCUT2D eigenvalue weighted by Crippen LogP contribution is -2.52. The fourth-order valence-corrected chi connectivity index (χ4v) is 2.36. The van der Waals surface area contributed by atoms with Crippen molar-refractivity contribution >= 4 is 0 Å². The van der Waals surface area contributed by atoms with Crippen LogP contribution >= 0.6 is 0 Å². The van der Waals surface area contributed by atoms with Gasteiger partial charge in [0.05, 0.1) is 7.11 Å². The molecule has 0 radical (unpaired) electrons. The molecule has 0 fully saturated rings. The number of hydrogen-bond donors (Lipinski definition) is 1. The molecule has 0 amide bonds. The highest BCUT2D eigenvalue weighted by molar-refractivity contribution is 5.31. The molecule has 0 spiro atoms. The number of ether oxygens (including phenoxy) is 2. The summed E-state index contributed by atoms with van der Waals surface area (Å²) in [4.78, 5) is 2.44. The molecule has 0 saturated heterocycles. The van der Waals surface area contributed by atoms with Gasteiger partial charge in [0, 0.05) is 18.6 Å². The molecule has 0 saturated carbocycles. The highest BCUT2D eigenvalue weighted by atomic mass is 16.5. The van der Waals surface area contributed by atoms with Crippen LogP contribution in [0.5, 0.6) is 11.5 Å². The van der Waals surface area contributed by atoms with Gasteiger partial charge in [-0.15, -0.1) is 0 Å². The van der Waals surface area contributed by atoms with Gasteiger partial charge in [0.15, 0.2) is 0 Å². The Morgan fingerprint density at radius 1 is 1.10 bits per heavy atom. The van der Waals surface area contributed by atoms with E-state index in [1.807, 2.05) is 24.3 Å². The summed E-state index contributed by atoms with van der Waals surface area (Å²) in [7, 11) is 1.66. The maximum Gasteiger partial charge on any atom is 0.119 e. The van der Waals surface area contributed by atoms with Crippen LogP contribution in [0.25, 0.3) is 0 Å². The lowest BCUT2D eigenvalue weighted by molar-refractivity contribution is 0.0869. The number of nitrogens with two attached hydrogens (primary N) is 1. The van der Waals surface area contributed by atoms with Crippen LogP contribution in [-0.2, 0) is 0 Å². The Hall–Kier alpha value is -1.26. The minimum atomic E-state index is 0.0548. The van der Waals surface area contributed by atoms with E-state index < -0.39 is 0 Å². The smallest absolute Gasteiger partial charge is 0.119 e. The van der Waals surface area contributed by atoms with E-state index >= 15 is 0 Å². The summed E-state index contributed by atoms with van der Waals surface area (Å²) in [6, 6.07) is 7.69. The Morgan fingerprint density at radius 3 is 2.19 bits per heavy atom. The van der Waals surface area contributed by atoms with Crippen molar-refractivity contribution < 1.29 is 9.47 Å². The summed E-state index contributed by atoms with van der Waals surface area (Å²) in [5.41, 5.74) is 6.02. The molecule has 1 atom stereocenters. The van der Waals surface area contributed by atoms with E-state index in [1.165, 1.54) is 0 Å². The molecule has 0 heterocycles. The van der Waals surface area contributed by atoms with Crippen LogP contribution in [0.1, 0.15) is 33.6 Å². The molecule has 0 aliphatic heterocycles. The van der Waals surface area contributed by atoms with Gasteiger partial charge < -0.3 is 15.2 Å². The predicted octanol–water partition coefficient (Wildman–Crippen LogP) is 2.91. The number of hydrogen-bond acceptors (Lipinski definition) is 4. The maximum atomic E-state index is 5.97. The van der Waals surface area contributed by atoms with Crippen molar-refractivity contribution in [1.82, 2.24) is 4.90 Å². The first-order valence-corrected chi connectivity index (χ1v) is 7.81. The van der Waals surface area contributed by atoms with Crippen LogP contribution in [0.15, 0.2) is 24.3 Å². The lowest BCUT2D eigenvalue weighted by atomic mass is 9.96. The molecule has 0 aliphatic carbocycles. The Balaban J connectivity index is 2.53. The minimum Gasteiger partial charge on any atom is -0.497 e. The third-order valence-corrected chi connectivity index (χ3v) is 4.15. The minimum absolute atomic E-state index is 0.0548. The topological polar surface area (TPSA) is 47.7 Å². The average molecular weight is 294 g/mol. The van der Waals surface area contributed by atoms with Gasteiger partial charge in [0.25, 0.3) is 0 Å². The van der Waals surface area contributed by atoms with E-state index in [1.54, 1.807) is 7.11 Å². The van der Waals surface area contributed by atoms with Crippen molar-refractivity contribution in [2.24, 2.45) is 5.73 Å². The fraction of sp³-hybridized carbons (Fsp3) is 0.647. The van der Waals surface area contributed by atoms with Crippen LogP contribution in [0, 0.1) is 0 Å². The lowest BCUT2D eigenvalue weighted by Gasteiger charge is -2.40. The fourth-order valence-electron chi connectivity index (χ4n) is 2.36. The summed E-state index contributed by atoms with van der Waals surface area (Å²) in [5, 5.41) is 0. The predicted molar refractivity (Wildman–Crippen MR) is 88.1 cm³/mol. The molecule has 1 rings (SSSR count). The molecule has 2 N–H and O–H groups in total. The molecule has 120 valence electrons. The molecule has 1 aromatic rings. The van der Waals surface area contributed by atoms with E-state index in [-0.39, 0.29) is 5.54 Å². The summed E-state index contributed by atoms with van der Waals surface area (Å²) in [5.74, 6) is 1.72. The van der Waals surface area contributed by atoms with Crippen LogP contribution in [0.4, 0.5) is 0 Å². The first-order valence-electron chi connectivity index (χ1n) is 7.81. The Morgan fingerprint density at radius 2 is 1.71 bits per heavy atom. The number of benzene rings is 1. The Kier molecular flexibility index (Phi) is 7.54. The van der Waals surface area contributed by atoms with Gasteiger partial charge in [-0.1, -0.05) is 13.8 Å². The van der Waals surface area contributed by atoms with Crippen molar-refractivity contribution in [3.63, 3.8) is 0 Å². The summed E-state index contributed by atoms with van der Waals surface area (Å²) < 4.78 is 11.0. The first kappa shape index (κ1) is 17.8. The van der Waals surface area contributed by atoms with Crippen LogP contribution in [0.2, 0.25) is 0 Å². The molecule has 4 heteroatoms. The second kappa shape index (κ2) is 8.90. The van der Waals surface area contributed by atoms with Gasteiger partial charge in [-0.2, -0.15) is 0 Å².